The third-order valence-electron chi connectivity index (χ3n) is 3.55. The minimum atomic E-state index is 0.321. The molecule has 90 valence electrons. The van der Waals surface area contributed by atoms with E-state index in [0.29, 0.717) is 11.8 Å². The first-order chi connectivity index (χ1) is 8.24. The lowest BCUT2D eigenvalue weighted by molar-refractivity contribution is 0.267. The molecular weight excluding hydrogens is 210 g/mol. The summed E-state index contributed by atoms with van der Waals surface area (Å²) in [6, 6.07) is 6.45. The Morgan fingerprint density at radius 3 is 2.71 bits per heavy atom. The van der Waals surface area contributed by atoms with Gasteiger partial charge in [-0.25, -0.2) is 0 Å². The molecule has 3 heteroatoms. The summed E-state index contributed by atoms with van der Waals surface area (Å²) in [6.45, 7) is 2.11. The van der Waals surface area contributed by atoms with Gasteiger partial charge in [-0.1, -0.05) is 0 Å². The molecule has 0 amide bonds. The lowest BCUT2D eigenvalue weighted by Gasteiger charge is -2.21. The van der Waals surface area contributed by atoms with Gasteiger partial charge in [0, 0.05) is 31.9 Å². The maximum atomic E-state index is 8.79. The van der Waals surface area contributed by atoms with Crippen LogP contribution >= 0.6 is 0 Å². The van der Waals surface area contributed by atoms with Crippen LogP contribution in [-0.4, -0.2) is 30.0 Å². The lowest BCUT2D eigenvalue weighted by atomic mass is 10.0. The highest BCUT2D eigenvalue weighted by molar-refractivity contribution is 5.10. The summed E-state index contributed by atoms with van der Waals surface area (Å²) in [5, 5.41) is 8.79. The molecule has 0 unspecified atom stereocenters. The predicted octanol–water partition coefficient (Wildman–Crippen LogP) is 2.25. The quantitative estimate of drug-likeness (QED) is 0.751. The van der Waals surface area contributed by atoms with Gasteiger partial charge in [-0.05, 0) is 49.4 Å². The SMILES string of the molecule is CN(CCc1ccncc1)CC1(CC#N)CC1. The van der Waals surface area contributed by atoms with Crippen molar-refractivity contribution in [3.05, 3.63) is 30.1 Å². The molecule has 2 rings (SSSR count). The molecule has 1 aromatic rings. The van der Waals surface area contributed by atoms with E-state index in [0.717, 1.165) is 19.5 Å². The summed E-state index contributed by atoms with van der Waals surface area (Å²) in [5.41, 5.74) is 1.65. The molecule has 1 aromatic heterocycles. The van der Waals surface area contributed by atoms with Crippen LogP contribution in [-0.2, 0) is 6.42 Å². The zero-order valence-corrected chi connectivity index (χ0v) is 10.4. The number of hydrogen-bond acceptors (Lipinski definition) is 3. The molecule has 1 heterocycles. The number of likely N-dealkylation sites (N-methyl/N-ethyl adjacent to an activating group) is 1. The number of nitrogens with zero attached hydrogens (tertiary/aromatic N) is 3. The summed E-state index contributed by atoms with van der Waals surface area (Å²) in [5.74, 6) is 0. The Kier molecular flexibility index (Phi) is 3.75. The zero-order chi connectivity index (χ0) is 12.1. The van der Waals surface area contributed by atoms with E-state index in [4.69, 9.17) is 5.26 Å². The first-order valence-corrected chi connectivity index (χ1v) is 6.19. The Balaban J connectivity index is 1.75. The fourth-order valence-electron chi connectivity index (χ4n) is 2.26. The zero-order valence-electron chi connectivity index (χ0n) is 10.4. The average Bonchev–Trinajstić information content (AvgIpc) is 3.08. The van der Waals surface area contributed by atoms with E-state index in [-0.39, 0.29) is 0 Å². The summed E-state index contributed by atoms with van der Waals surface area (Å²) < 4.78 is 0. The third-order valence-corrected chi connectivity index (χ3v) is 3.55. The molecule has 3 nitrogen and oxygen atoms in total. The smallest absolute Gasteiger partial charge is 0.0628 e. The van der Waals surface area contributed by atoms with Crippen LogP contribution in [0.4, 0.5) is 0 Å². The molecule has 0 saturated heterocycles. The molecule has 0 atom stereocenters. The van der Waals surface area contributed by atoms with E-state index in [1.165, 1.54) is 18.4 Å². The van der Waals surface area contributed by atoms with Crippen molar-refractivity contribution in [1.82, 2.24) is 9.88 Å². The van der Waals surface area contributed by atoms with Crippen molar-refractivity contribution in [3.63, 3.8) is 0 Å². The summed E-state index contributed by atoms with van der Waals surface area (Å²) in [7, 11) is 2.15. The Labute approximate surface area is 103 Å². The maximum absolute atomic E-state index is 8.79. The molecule has 0 N–H and O–H groups in total. The van der Waals surface area contributed by atoms with Crippen molar-refractivity contribution in [2.75, 3.05) is 20.1 Å². The van der Waals surface area contributed by atoms with Crippen molar-refractivity contribution >= 4 is 0 Å². The molecule has 0 spiro atoms. The largest absolute Gasteiger partial charge is 0.305 e. The monoisotopic (exact) mass is 229 g/mol. The molecular formula is C14H19N3. The highest BCUT2D eigenvalue weighted by Gasteiger charge is 2.42. The van der Waals surface area contributed by atoms with Gasteiger partial charge in [0.1, 0.15) is 0 Å². The van der Waals surface area contributed by atoms with Gasteiger partial charge in [-0.2, -0.15) is 5.26 Å². The maximum Gasteiger partial charge on any atom is 0.0628 e. The second-order valence-corrected chi connectivity index (χ2v) is 5.18. The first kappa shape index (κ1) is 12.1. The fraction of sp³-hybridized carbons (Fsp3) is 0.571. The predicted molar refractivity (Wildman–Crippen MR) is 67.3 cm³/mol. The number of aromatic nitrogens is 1. The summed E-state index contributed by atoms with van der Waals surface area (Å²) >= 11 is 0. The first-order valence-electron chi connectivity index (χ1n) is 6.19. The summed E-state index contributed by atoms with van der Waals surface area (Å²) in [6.07, 6.45) is 7.90. The van der Waals surface area contributed by atoms with Crippen LogP contribution in [0, 0.1) is 16.7 Å². The van der Waals surface area contributed by atoms with E-state index in [9.17, 15) is 0 Å². The Morgan fingerprint density at radius 2 is 2.12 bits per heavy atom. The van der Waals surface area contributed by atoms with Gasteiger partial charge in [-0.15, -0.1) is 0 Å². The normalized spacial score (nSPS) is 16.8. The number of rotatable bonds is 6. The lowest BCUT2D eigenvalue weighted by Crippen LogP contribution is -2.28. The second kappa shape index (κ2) is 5.29. The van der Waals surface area contributed by atoms with Crippen LogP contribution < -0.4 is 0 Å². The van der Waals surface area contributed by atoms with Gasteiger partial charge in [0.2, 0.25) is 0 Å². The standard InChI is InChI=1S/C14H19N3/c1-17(12-14(5-6-14)7-8-15)11-4-13-2-9-16-10-3-13/h2-3,9-10H,4-7,11-12H2,1H3. The molecule has 1 aliphatic carbocycles. The van der Waals surface area contributed by atoms with Gasteiger partial charge < -0.3 is 4.90 Å². The van der Waals surface area contributed by atoms with Gasteiger partial charge in [0.05, 0.1) is 6.07 Å². The van der Waals surface area contributed by atoms with E-state index in [2.05, 4.69) is 35.1 Å². The van der Waals surface area contributed by atoms with Crippen LogP contribution in [0.1, 0.15) is 24.8 Å². The van der Waals surface area contributed by atoms with Crippen LogP contribution in [0.3, 0.4) is 0 Å². The summed E-state index contributed by atoms with van der Waals surface area (Å²) in [4.78, 5) is 6.37. The van der Waals surface area contributed by atoms with Crippen molar-refractivity contribution in [2.24, 2.45) is 5.41 Å². The Morgan fingerprint density at radius 1 is 1.41 bits per heavy atom. The molecule has 17 heavy (non-hydrogen) atoms. The minimum absolute atomic E-state index is 0.321. The molecule has 0 aromatic carbocycles. The van der Waals surface area contributed by atoms with Gasteiger partial charge >= 0.3 is 0 Å². The third kappa shape index (κ3) is 3.54. The van der Waals surface area contributed by atoms with E-state index in [1.807, 2.05) is 12.4 Å². The second-order valence-electron chi connectivity index (χ2n) is 5.18. The van der Waals surface area contributed by atoms with E-state index < -0.39 is 0 Å². The topological polar surface area (TPSA) is 39.9 Å². The van der Waals surface area contributed by atoms with Crippen LogP contribution in [0.25, 0.3) is 0 Å². The van der Waals surface area contributed by atoms with E-state index in [1.54, 1.807) is 0 Å². The van der Waals surface area contributed by atoms with Gasteiger partial charge in [0.25, 0.3) is 0 Å². The van der Waals surface area contributed by atoms with Crippen LogP contribution in [0.15, 0.2) is 24.5 Å². The number of pyridine rings is 1. The Bertz CT molecular complexity index is 390. The van der Waals surface area contributed by atoms with Gasteiger partial charge in [-0.3, -0.25) is 4.98 Å². The minimum Gasteiger partial charge on any atom is -0.305 e. The number of hydrogen-bond donors (Lipinski definition) is 0. The molecule has 1 fully saturated rings. The molecule has 0 aliphatic heterocycles. The highest BCUT2D eigenvalue weighted by Crippen LogP contribution is 2.48. The number of nitriles is 1. The van der Waals surface area contributed by atoms with Crippen molar-refractivity contribution in [1.29, 1.82) is 5.26 Å². The molecule has 0 bridgehead atoms. The molecule has 1 saturated carbocycles. The van der Waals surface area contributed by atoms with Crippen LogP contribution in [0.5, 0.6) is 0 Å². The Hall–Kier alpha value is -1.40. The molecule has 1 aliphatic rings. The average molecular weight is 229 g/mol. The van der Waals surface area contributed by atoms with Crippen molar-refractivity contribution in [2.45, 2.75) is 25.7 Å². The van der Waals surface area contributed by atoms with Crippen LogP contribution in [0.2, 0.25) is 0 Å². The van der Waals surface area contributed by atoms with E-state index >= 15 is 0 Å². The molecule has 0 radical (unpaired) electrons. The highest BCUT2D eigenvalue weighted by atomic mass is 15.1. The van der Waals surface area contributed by atoms with Crippen molar-refractivity contribution < 1.29 is 0 Å². The van der Waals surface area contributed by atoms with Crippen molar-refractivity contribution in [3.8, 4) is 6.07 Å². The fourth-order valence-corrected chi connectivity index (χ4v) is 2.26. The van der Waals surface area contributed by atoms with Gasteiger partial charge in [0.15, 0.2) is 0 Å².